The van der Waals surface area contributed by atoms with Gasteiger partial charge in [0, 0.05) is 11.4 Å². The second-order valence-corrected chi connectivity index (χ2v) is 9.83. The highest BCUT2D eigenvalue weighted by Crippen LogP contribution is 2.60. The molecular formula is C24H27ClN2O. The molecule has 4 bridgehead atoms. The molecule has 4 fully saturated rings. The van der Waals surface area contributed by atoms with E-state index < -0.39 is 0 Å². The van der Waals surface area contributed by atoms with Gasteiger partial charge in [-0.1, -0.05) is 23.7 Å². The summed E-state index contributed by atoms with van der Waals surface area (Å²) >= 11 is 6.19. The number of amides is 1. The highest BCUT2D eigenvalue weighted by atomic mass is 35.5. The first-order chi connectivity index (χ1) is 13.4. The number of anilines is 2. The second kappa shape index (κ2) is 6.52. The van der Waals surface area contributed by atoms with Crippen molar-refractivity contribution >= 4 is 28.9 Å². The van der Waals surface area contributed by atoms with Crippen molar-refractivity contribution in [3.8, 4) is 0 Å². The van der Waals surface area contributed by atoms with E-state index in [1.54, 1.807) is 18.2 Å². The molecule has 0 radical (unpaired) electrons. The van der Waals surface area contributed by atoms with Crippen LogP contribution in [0.15, 0.2) is 36.4 Å². The molecule has 0 atom stereocenters. The molecule has 28 heavy (non-hydrogen) atoms. The smallest absolute Gasteiger partial charge is 0.257 e. The number of hydrogen-bond acceptors (Lipinski definition) is 2. The van der Waals surface area contributed by atoms with E-state index in [4.69, 9.17) is 17.3 Å². The number of nitrogens with two attached hydrogens (primary N) is 1. The van der Waals surface area contributed by atoms with Crippen molar-refractivity contribution in [1.29, 1.82) is 0 Å². The molecule has 6 rings (SSSR count). The number of halogens is 1. The fraction of sp³-hybridized carbons (Fsp3) is 0.458. The Morgan fingerprint density at radius 3 is 2.25 bits per heavy atom. The van der Waals surface area contributed by atoms with Crippen LogP contribution in [0.3, 0.4) is 0 Å². The summed E-state index contributed by atoms with van der Waals surface area (Å²) in [5.74, 6) is 2.59. The van der Waals surface area contributed by atoms with Crippen molar-refractivity contribution < 1.29 is 4.79 Å². The molecule has 2 aromatic rings. The zero-order valence-electron chi connectivity index (χ0n) is 16.3. The van der Waals surface area contributed by atoms with Crippen LogP contribution >= 0.6 is 11.6 Å². The number of carbonyl (C=O) groups is 1. The predicted octanol–water partition coefficient (Wildman–Crippen LogP) is 5.95. The lowest BCUT2D eigenvalue weighted by Crippen LogP contribution is -2.48. The van der Waals surface area contributed by atoms with Crippen LogP contribution in [0, 0.1) is 24.7 Å². The molecule has 3 nitrogen and oxygen atoms in total. The SMILES string of the molecule is Cc1cc(C23CC4CC(CC(C4)C2)C3)ccc1NC(=O)c1ccc(N)cc1Cl. The lowest BCUT2D eigenvalue weighted by Gasteiger charge is -2.57. The molecule has 4 aliphatic rings. The van der Waals surface area contributed by atoms with Gasteiger partial charge in [0.25, 0.3) is 5.91 Å². The average Bonchev–Trinajstić information content (AvgIpc) is 2.62. The number of nitrogens with one attached hydrogen (secondary N) is 1. The Labute approximate surface area is 171 Å². The molecule has 3 N–H and O–H groups in total. The molecule has 4 saturated carbocycles. The molecule has 4 aliphatic carbocycles. The van der Waals surface area contributed by atoms with E-state index in [1.165, 1.54) is 44.1 Å². The molecule has 2 aromatic carbocycles. The zero-order chi connectivity index (χ0) is 19.5. The van der Waals surface area contributed by atoms with Gasteiger partial charge in [0.2, 0.25) is 0 Å². The fourth-order valence-electron chi connectivity index (χ4n) is 6.50. The summed E-state index contributed by atoms with van der Waals surface area (Å²) in [6.45, 7) is 2.09. The van der Waals surface area contributed by atoms with E-state index in [9.17, 15) is 4.79 Å². The topological polar surface area (TPSA) is 55.1 Å². The minimum absolute atomic E-state index is 0.198. The maximum absolute atomic E-state index is 12.7. The molecule has 146 valence electrons. The zero-order valence-corrected chi connectivity index (χ0v) is 17.1. The monoisotopic (exact) mass is 394 g/mol. The third kappa shape index (κ3) is 3.00. The standard InChI is InChI=1S/C24H27ClN2O/c1-14-6-18(24-11-15-7-16(12-24)9-17(8-15)13-24)2-5-22(14)27-23(28)20-4-3-19(26)10-21(20)25/h2-6,10,15-17H,7-9,11-13,26H2,1H3,(H,27,28). The molecule has 0 aliphatic heterocycles. The summed E-state index contributed by atoms with van der Waals surface area (Å²) in [5, 5.41) is 3.40. The molecule has 1 amide bonds. The molecule has 0 aromatic heterocycles. The normalized spacial score (nSPS) is 30.4. The van der Waals surface area contributed by atoms with Crippen LogP contribution in [0.1, 0.15) is 60.0 Å². The number of nitrogen functional groups attached to an aromatic ring is 1. The maximum Gasteiger partial charge on any atom is 0.257 e. The Balaban J connectivity index is 1.39. The Bertz CT molecular complexity index is 916. The summed E-state index contributed by atoms with van der Waals surface area (Å²) in [6, 6.07) is 11.6. The van der Waals surface area contributed by atoms with E-state index in [-0.39, 0.29) is 5.91 Å². The van der Waals surface area contributed by atoms with Gasteiger partial charge in [-0.15, -0.1) is 0 Å². The van der Waals surface area contributed by atoms with Gasteiger partial charge < -0.3 is 11.1 Å². The largest absolute Gasteiger partial charge is 0.399 e. The third-order valence-corrected chi connectivity index (χ3v) is 7.68. The fourth-order valence-corrected chi connectivity index (χ4v) is 6.78. The molecule has 0 saturated heterocycles. The second-order valence-electron chi connectivity index (χ2n) is 9.42. The van der Waals surface area contributed by atoms with E-state index >= 15 is 0 Å². The minimum Gasteiger partial charge on any atom is -0.399 e. The van der Waals surface area contributed by atoms with Gasteiger partial charge >= 0.3 is 0 Å². The number of aryl methyl sites for hydroxylation is 1. The van der Waals surface area contributed by atoms with Gasteiger partial charge in [-0.2, -0.15) is 0 Å². The quantitative estimate of drug-likeness (QED) is 0.632. The lowest BCUT2D eigenvalue weighted by atomic mass is 9.48. The van der Waals surface area contributed by atoms with Crippen LogP contribution in [-0.2, 0) is 5.41 Å². The first-order valence-corrected chi connectivity index (χ1v) is 10.8. The van der Waals surface area contributed by atoms with E-state index in [0.29, 0.717) is 21.7 Å². The van der Waals surface area contributed by atoms with E-state index in [2.05, 4.69) is 30.4 Å². The number of benzene rings is 2. The van der Waals surface area contributed by atoms with Gasteiger partial charge in [-0.05, 0) is 104 Å². The van der Waals surface area contributed by atoms with Crippen molar-refractivity contribution in [2.45, 2.75) is 50.9 Å². The summed E-state index contributed by atoms with van der Waals surface area (Å²) in [7, 11) is 0. The van der Waals surface area contributed by atoms with Crippen LogP contribution in [0.25, 0.3) is 0 Å². The summed E-state index contributed by atoms with van der Waals surface area (Å²) in [5.41, 5.74) is 10.6. The van der Waals surface area contributed by atoms with Crippen LogP contribution in [-0.4, -0.2) is 5.91 Å². The van der Waals surface area contributed by atoms with Gasteiger partial charge in [0.05, 0.1) is 10.6 Å². The van der Waals surface area contributed by atoms with Gasteiger partial charge in [-0.25, -0.2) is 0 Å². The van der Waals surface area contributed by atoms with Gasteiger partial charge in [-0.3, -0.25) is 4.79 Å². The minimum atomic E-state index is -0.198. The van der Waals surface area contributed by atoms with E-state index in [1.807, 2.05) is 0 Å². The predicted molar refractivity (Wildman–Crippen MR) is 115 cm³/mol. The Hall–Kier alpha value is -2.00. The van der Waals surface area contributed by atoms with Crippen LogP contribution in [0.2, 0.25) is 5.02 Å². The average molecular weight is 395 g/mol. The summed E-state index contributed by atoms with van der Waals surface area (Å²) < 4.78 is 0. The molecule has 0 heterocycles. The molecule has 0 spiro atoms. The first-order valence-electron chi connectivity index (χ1n) is 10.4. The van der Waals surface area contributed by atoms with E-state index in [0.717, 1.165) is 29.0 Å². The van der Waals surface area contributed by atoms with Crippen LogP contribution in [0.5, 0.6) is 0 Å². The highest BCUT2D eigenvalue weighted by Gasteiger charge is 2.51. The van der Waals surface area contributed by atoms with Crippen molar-refractivity contribution in [1.82, 2.24) is 0 Å². The van der Waals surface area contributed by atoms with Crippen LogP contribution in [0.4, 0.5) is 11.4 Å². The van der Waals surface area contributed by atoms with Crippen molar-refractivity contribution in [3.05, 3.63) is 58.1 Å². The molecule has 0 unspecified atom stereocenters. The van der Waals surface area contributed by atoms with Crippen molar-refractivity contribution in [2.24, 2.45) is 17.8 Å². The summed E-state index contributed by atoms with van der Waals surface area (Å²) in [6.07, 6.45) is 8.42. The van der Waals surface area contributed by atoms with Gasteiger partial charge in [0.15, 0.2) is 0 Å². The Kier molecular flexibility index (Phi) is 4.20. The maximum atomic E-state index is 12.7. The van der Waals surface area contributed by atoms with Crippen molar-refractivity contribution in [3.63, 3.8) is 0 Å². The van der Waals surface area contributed by atoms with Crippen molar-refractivity contribution in [2.75, 3.05) is 11.1 Å². The first kappa shape index (κ1) is 18.1. The third-order valence-electron chi connectivity index (χ3n) is 7.36. The van der Waals surface area contributed by atoms with Gasteiger partial charge in [0.1, 0.15) is 0 Å². The summed E-state index contributed by atoms with van der Waals surface area (Å²) in [4.78, 5) is 12.7. The Morgan fingerprint density at radius 2 is 1.68 bits per heavy atom. The lowest BCUT2D eigenvalue weighted by molar-refractivity contribution is -0.00520. The molecule has 4 heteroatoms. The number of carbonyl (C=O) groups excluding carboxylic acids is 1. The number of hydrogen-bond donors (Lipinski definition) is 2. The van der Waals surface area contributed by atoms with Crippen LogP contribution < -0.4 is 11.1 Å². The molecular weight excluding hydrogens is 368 g/mol. The Morgan fingerprint density at radius 1 is 1.04 bits per heavy atom. The number of rotatable bonds is 3. The highest BCUT2D eigenvalue weighted by molar-refractivity contribution is 6.34.